The Kier molecular flexibility index (Phi) is 6.04. The van der Waals surface area contributed by atoms with Crippen LogP contribution in [0, 0.1) is 11.3 Å². The first kappa shape index (κ1) is 15.2. The van der Waals surface area contributed by atoms with Gasteiger partial charge in [0.2, 0.25) is 0 Å². The van der Waals surface area contributed by atoms with Crippen molar-refractivity contribution < 1.29 is 9.53 Å². The van der Waals surface area contributed by atoms with Crippen molar-refractivity contribution in [3.8, 4) is 6.07 Å². The summed E-state index contributed by atoms with van der Waals surface area (Å²) in [7, 11) is 1.39. The second kappa shape index (κ2) is 7.55. The molecule has 0 unspecified atom stereocenters. The van der Waals surface area contributed by atoms with E-state index in [1.807, 2.05) is 24.3 Å². The minimum absolute atomic E-state index is 0.246. The largest absolute Gasteiger partial charge is 0.469 e. The molecule has 4 nitrogen and oxygen atoms in total. The number of rotatable bonds is 6. The molecule has 102 valence electrons. The molecule has 0 saturated carbocycles. The van der Waals surface area contributed by atoms with Gasteiger partial charge < -0.3 is 4.74 Å². The third-order valence-electron chi connectivity index (χ3n) is 3.06. The standard InChI is InChI=1S/C15H20N2O2/c1-12(2)17(9-8-16)11-14-7-5-4-6-13(14)10-15(18)19-3/h4-7,12H,9-11H2,1-3H3. The molecule has 0 aliphatic rings. The van der Waals surface area contributed by atoms with Gasteiger partial charge in [0, 0.05) is 12.6 Å². The van der Waals surface area contributed by atoms with E-state index in [0.717, 1.165) is 11.1 Å². The van der Waals surface area contributed by atoms with Gasteiger partial charge in [0.15, 0.2) is 0 Å². The third kappa shape index (κ3) is 4.72. The molecule has 1 aromatic rings. The van der Waals surface area contributed by atoms with Crippen LogP contribution >= 0.6 is 0 Å². The van der Waals surface area contributed by atoms with Crippen molar-refractivity contribution in [3.63, 3.8) is 0 Å². The topological polar surface area (TPSA) is 53.3 Å². The maximum Gasteiger partial charge on any atom is 0.309 e. The molecule has 0 aromatic heterocycles. The molecule has 0 spiro atoms. The van der Waals surface area contributed by atoms with E-state index in [9.17, 15) is 4.79 Å². The lowest BCUT2D eigenvalue weighted by Gasteiger charge is -2.24. The van der Waals surface area contributed by atoms with Crippen LogP contribution in [0.15, 0.2) is 24.3 Å². The molecule has 0 atom stereocenters. The first-order chi connectivity index (χ1) is 9.08. The molecule has 0 amide bonds. The zero-order valence-corrected chi connectivity index (χ0v) is 11.7. The number of esters is 1. The van der Waals surface area contributed by atoms with E-state index < -0.39 is 0 Å². The summed E-state index contributed by atoms with van der Waals surface area (Å²) in [5.41, 5.74) is 2.02. The zero-order valence-electron chi connectivity index (χ0n) is 11.7. The normalized spacial score (nSPS) is 10.5. The molecule has 1 aromatic carbocycles. The van der Waals surface area contributed by atoms with Gasteiger partial charge in [0.05, 0.1) is 26.1 Å². The third-order valence-corrected chi connectivity index (χ3v) is 3.06. The van der Waals surface area contributed by atoms with E-state index in [-0.39, 0.29) is 18.4 Å². The van der Waals surface area contributed by atoms with Crippen LogP contribution in [0.4, 0.5) is 0 Å². The van der Waals surface area contributed by atoms with Crippen molar-refractivity contribution in [2.75, 3.05) is 13.7 Å². The predicted octanol–water partition coefficient (Wildman–Crippen LogP) is 2.14. The first-order valence-corrected chi connectivity index (χ1v) is 6.33. The number of methoxy groups -OCH3 is 1. The summed E-state index contributed by atoms with van der Waals surface area (Å²) in [6.45, 7) is 5.16. The van der Waals surface area contributed by atoms with Gasteiger partial charge in [-0.2, -0.15) is 5.26 Å². The molecule has 19 heavy (non-hydrogen) atoms. The Hall–Kier alpha value is -1.86. The summed E-state index contributed by atoms with van der Waals surface area (Å²) in [5.74, 6) is -0.246. The molecular formula is C15H20N2O2. The summed E-state index contributed by atoms with van der Waals surface area (Å²) in [6, 6.07) is 10.2. The number of nitrogens with zero attached hydrogens (tertiary/aromatic N) is 2. The average Bonchev–Trinajstić information content (AvgIpc) is 2.40. The Morgan fingerprint density at radius 1 is 1.37 bits per heavy atom. The van der Waals surface area contributed by atoms with Crippen molar-refractivity contribution in [2.24, 2.45) is 0 Å². The summed E-state index contributed by atoms with van der Waals surface area (Å²) < 4.78 is 4.70. The number of ether oxygens (including phenoxy) is 1. The highest BCUT2D eigenvalue weighted by Gasteiger charge is 2.13. The van der Waals surface area contributed by atoms with Gasteiger partial charge in [-0.1, -0.05) is 24.3 Å². The SMILES string of the molecule is COC(=O)Cc1ccccc1CN(CC#N)C(C)C. The molecule has 1 rings (SSSR count). The van der Waals surface area contributed by atoms with Gasteiger partial charge >= 0.3 is 5.97 Å². The van der Waals surface area contributed by atoms with Crippen LogP contribution in [-0.2, 0) is 22.5 Å². The van der Waals surface area contributed by atoms with Gasteiger partial charge in [0.25, 0.3) is 0 Å². The molecule has 0 saturated heterocycles. The Morgan fingerprint density at radius 3 is 2.53 bits per heavy atom. The fourth-order valence-electron chi connectivity index (χ4n) is 1.84. The van der Waals surface area contributed by atoms with Crippen molar-refractivity contribution in [1.29, 1.82) is 5.26 Å². The molecule has 4 heteroatoms. The predicted molar refractivity (Wildman–Crippen MR) is 73.3 cm³/mol. The Morgan fingerprint density at radius 2 is 2.00 bits per heavy atom. The van der Waals surface area contributed by atoms with E-state index in [4.69, 9.17) is 10.00 Å². The van der Waals surface area contributed by atoms with Crippen LogP contribution in [0.1, 0.15) is 25.0 Å². The molecule has 0 fully saturated rings. The van der Waals surface area contributed by atoms with Crippen molar-refractivity contribution in [1.82, 2.24) is 4.90 Å². The van der Waals surface area contributed by atoms with E-state index in [1.165, 1.54) is 7.11 Å². The number of nitriles is 1. The Balaban J connectivity index is 2.87. The first-order valence-electron chi connectivity index (χ1n) is 6.33. The fourth-order valence-corrected chi connectivity index (χ4v) is 1.84. The second-order valence-corrected chi connectivity index (χ2v) is 4.68. The van der Waals surface area contributed by atoms with Gasteiger partial charge in [-0.25, -0.2) is 0 Å². The second-order valence-electron chi connectivity index (χ2n) is 4.68. The number of benzene rings is 1. The lowest BCUT2D eigenvalue weighted by Crippen LogP contribution is -2.31. The number of carbonyl (C=O) groups excluding carboxylic acids is 1. The van der Waals surface area contributed by atoms with E-state index in [1.54, 1.807) is 0 Å². The smallest absolute Gasteiger partial charge is 0.309 e. The molecule has 0 heterocycles. The van der Waals surface area contributed by atoms with E-state index in [0.29, 0.717) is 13.1 Å². The highest BCUT2D eigenvalue weighted by molar-refractivity contribution is 5.72. The fraction of sp³-hybridized carbons (Fsp3) is 0.467. The highest BCUT2D eigenvalue weighted by Crippen LogP contribution is 2.14. The molecule has 0 aliphatic carbocycles. The van der Waals surface area contributed by atoms with Crippen LogP contribution in [0.25, 0.3) is 0 Å². The minimum Gasteiger partial charge on any atom is -0.469 e. The van der Waals surface area contributed by atoms with Gasteiger partial charge in [-0.05, 0) is 25.0 Å². The van der Waals surface area contributed by atoms with Crippen molar-refractivity contribution in [2.45, 2.75) is 32.9 Å². The molecule has 0 radical (unpaired) electrons. The van der Waals surface area contributed by atoms with Gasteiger partial charge in [-0.15, -0.1) is 0 Å². The summed E-state index contributed by atoms with van der Waals surface area (Å²) in [5, 5.41) is 8.85. The number of hydrogen-bond donors (Lipinski definition) is 0. The van der Waals surface area contributed by atoms with Crippen LogP contribution in [0.3, 0.4) is 0 Å². The van der Waals surface area contributed by atoms with Crippen LogP contribution in [-0.4, -0.2) is 30.6 Å². The lowest BCUT2D eigenvalue weighted by atomic mass is 10.0. The zero-order chi connectivity index (χ0) is 14.3. The maximum atomic E-state index is 11.4. The average molecular weight is 260 g/mol. The van der Waals surface area contributed by atoms with E-state index >= 15 is 0 Å². The number of hydrogen-bond acceptors (Lipinski definition) is 4. The summed E-state index contributed by atoms with van der Waals surface area (Å²) in [4.78, 5) is 13.5. The van der Waals surface area contributed by atoms with E-state index in [2.05, 4.69) is 24.8 Å². The van der Waals surface area contributed by atoms with Gasteiger partial charge in [-0.3, -0.25) is 9.69 Å². The Labute approximate surface area is 114 Å². The summed E-state index contributed by atoms with van der Waals surface area (Å²) >= 11 is 0. The Bertz CT molecular complexity index is 463. The van der Waals surface area contributed by atoms with Crippen LogP contribution in [0.5, 0.6) is 0 Å². The molecular weight excluding hydrogens is 240 g/mol. The highest BCUT2D eigenvalue weighted by atomic mass is 16.5. The molecule has 0 N–H and O–H groups in total. The van der Waals surface area contributed by atoms with Crippen LogP contribution in [0.2, 0.25) is 0 Å². The quantitative estimate of drug-likeness (QED) is 0.581. The summed E-state index contributed by atoms with van der Waals surface area (Å²) in [6.07, 6.45) is 0.269. The molecule has 0 bridgehead atoms. The van der Waals surface area contributed by atoms with Crippen LogP contribution < -0.4 is 0 Å². The maximum absolute atomic E-state index is 11.4. The van der Waals surface area contributed by atoms with Gasteiger partial charge in [0.1, 0.15) is 0 Å². The van der Waals surface area contributed by atoms with Crippen molar-refractivity contribution in [3.05, 3.63) is 35.4 Å². The number of carbonyl (C=O) groups is 1. The monoisotopic (exact) mass is 260 g/mol. The van der Waals surface area contributed by atoms with Crippen molar-refractivity contribution >= 4 is 5.97 Å². The minimum atomic E-state index is -0.246. The lowest BCUT2D eigenvalue weighted by molar-refractivity contribution is -0.139. The molecule has 0 aliphatic heterocycles.